The van der Waals surface area contributed by atoms with E-state index in [0.29, 0.717) is 17.3 Å². The van der Waals surface area contributed by atoms with Crippen LogP contribution >= 0.6 is 11.3 Å². The molecule has 7 heteroatoms. The predicted octanol–water partition coefficient (Wildman–Crippen LogP) is 0.913. The van der Waals surface area contributed by atoms with Crippen LogP contribution in [0.25, 0.3) is 0 Å². The van der Waals surface area contributed by atoms with Crippen molar-refractivity contribution < 1.29 is 14.7 Å². The van der Waals surface area contributed by atoms with Crippen LogP contribution in [0.1, 0.15) is 32.3 Å². The third kappa shape index (κ3) is 3.74. The second kappa shape index (κ2) is 6.12. The number of rotatable bonds is 4. The van der Waals surface area contributed by atoms with Crippen LogP contribution in [0.2, 0.25) is 0 Å². The van der Waals surface area contributed by atoms with Crippen LogP contribution in [0.4, 0.5) is 0 Å². The fourth-order valence-electron chi connectivity index (χ4n) is 2.24. The van der Waals surface area contributed by atoms with Crippen molar-refractivity contribution in [2.24, 2.45) is 5.92 Å². The van der Waals surface area contributed by atoms with Crippen LogP contribution in [-0.2, 0) is 0 Å². The quantitative estimate of drug-likeness (QED) is 0.858. The molecular formula is C12H17N3O3S. The summed E-state index contributed by atoms with van der Waals surface area (Å²) in [6.45, 7) is 2.73. The highest BCUT2D eigenvalue weighted by atomic mass is 32.1. The molecule has 0 saturated carbocycles. The van der Waals surface area contributed by atoms with Gasteiger partial charge in [0.1, 0.15) is 4.88 Å². The Morgan fingerprint density at radius 2 is 2.42 bits per heavy atom. The van der Waals surface area contributed by atoms with E-state index in [2.05, 4.69) is 22.2 Å². The first kappa shape index (κ1) is 14.0. The molecule has 1 amide bonds. The van der Waals surface area contributed by atoms with E-state index < -0.39 is 5.97 Å². The first-order valence-corrected chi connectivity index (χ1v) is 7.04. The number of nitrogens with one attached hydrogen (secondary N) is 1. The van der Waals surface area contributed by atoms with E-state index in [9.17, 15) is 9.59 Å². The summed E-state index contributed by atoms with van der Waals surface area (Å²) in [5.74, 6) is -0.870. The number of thiazole rings is 1. The van der Waals surface area contributed by atoms with Gasteiger partial charge in [0.25, 0.3) is 5.91 Å². The standard InChI is InChI=1S/C12H17N3O3S/c1-15-4-2-3-8(7-15)5-13-10(16)9-6-14-11(19-9)12(17)18/h6,8H,2-5,7H2,1H3,(H,13,16)(H,17,18). The third-order valence-corrected chi connectivity index (χ3v) is 4.17. The van der Waals surface area contributed by atoms with Gasteiger partial charge >= 0.3 is 5.97 Å². The maximum atomic E-state index is 11.9. The first-order chi connectivity index (χ1) is 9.06. The molecule has 1 atom stereocenters. The van der Waals surface area contributed by atoms with Crippen molar-refractivity contribution in [3.8, 4) is 0 Å². The molecule has 0 aliphatic carbocycles. The van der Waals surface area contributed by atoms with Gasteiger partial charge < -0.3 is 15.3 Å². The minimum absolute atomic E-state index is 0.0532. The number of aromatic nitrogens is 1. The largest absolute Gasteiger partial charge is 0.476 e. The Labute approximate surface area is 115 Å². The lowest BCUT2D eigenvalue weighted by Gasteiger charge is -2.29. The molecule has 1 saturated heterocycles. The molecule has 1 aliphatic rings. The molecule has 2 rings (SSSR count). The van der Waals surface area contributed by atoms with E-state index in [1.165, 1.54) is 6.20 Å². The van der Waals surface area contributed by atoms with Crippen molar-refractivity contribution in [1.82, 2.24) is 15.2 Å². The Balaban J connectivity index is 1.85. The van der Waals surface area contributed by atoms with Gasteiger partial charge in [0, 0.05) is 13.1 Å². The number of amides is 1. The molecule has 1 fully saturated rings. The Hall–Kier alpha value is -1.47. The Morgan fingerprint density at radius 3 is 3.05 bits per heavy atom. The van der Waals surface area contributed by atoms with E-state index in [4.69, 9.17) is 5.11 Å². The molecule has 0 bridgehead atoms. The van der Waals surface area contributed by atoms with Crippen molar-refractivity contribution in [3.05, 3.63) is 16.1 Å². The Kier molecular flexibility index (Phi) is 4.49. The van der Waals surface area contributed by atoms with Crippen LogP contribution in [0, 0.1) is 5.92 Å². The number of hydrogen-bond donors (Lipinski definition) is 2. The van der Waals surface area contributed by atoms with E-state index in [-0.39, 0.29) is 10.9 Å². The highest BCUT2D eigenvalue weighted by Gasteiger charge is 2.19. The maximum absolute atomic E-state index is 11.9. The average Bonchev–Trinajstić information content (AvgIpc) is 2.86. The van der Waals surface area contributed by atoms with Crippen LogP contribution in [0.15, 0.2) is 6.20 Å². The number of likely N-dealkylation sites (tertiary alicyclic amines) is 1. The van der Waals surface area contributed by atoms with E-state index >= 15 is 0 Å². The van der Waals surface area contributed by atoms with Crippen molar-refractivity contribution in [2.45, 2.75) is 12.8 Å². The lowest BCUT2D eigenvalue weighted by molar-refractivity contribution is 0.0696. The van der Waals surface area contributed by atoms with Crippen molar-refractivity contribution in [3.63, 3.8) is 0 Å². The molecule has 2 N–H and O–H groups in total. The molecule has 1 unspecified atom stereocenters. The lowest BCUT2D eigenvalue weighted by Crippen LogP contribution is -2.38. The summed E-state index contributed by atoms with van der Waals surface area (Å²) < 4.78 is 0. The minimum Gasteiger partial charge on any atom is -0.476 e. The second-order valence-electron chi connectivity index (χ2n) is 4.82. The SMILES string of the molecule is CN1CCCC(CNC(=O)c2cnc(C(=O)O)s2)C1. The van der Waals surface area contributed by atoms with Gasteiger partial charge in [-0.3, -0.25) is 4.79 Å². The predicted molar refractivity (Wildman–Crippen MR) is 71.6 cm³/mol. The van der Waals surface area contributed by atoms with Crippen molar-refractivity contribution in [2.75, 3.05) is 26.7 Å². The normalized spacial score (nSPS) is 20.2. The second-order valence-corrected chi connectivity index (χ2v) is 5.85. The van der Waals surface area contributed by atoms with E-state index in [0.717, 1.165) is 37.3 Å². The third-order valence-electron chi connectivity index (χ3n) is 3.19. The van der Waals surface area contributed by atoms with Gasteiger partial charge in [-0.1, -0.05) is 0 Å². The summed E-state index contributed by atoms with van der Waals surface area (Å²) >= 11 is 0.903. The van der Waals surface area contributed by atoms with Gasteiger partial charge in [0.05, 0.1) is 6.20 Å². The van der Waals surface area contributed by atoms with Gasteiger partial charge in [-0.05, 0) is 32.4 Å². The molecule has 104 valence electrons. The zero-order valence-electron chi connectivity index (χ0n) is 10.8. The lowest BCUT2D eigenvalue weighted by atomic mass is 9.98. The Morgan fingerprint density at radius 1 is 1.63 bits per heavy atom. The molecule has 2 heterocycles. The molecule has 0 spiro atoms. The van der Waals surface area contributed by atoms with Crippen LogP contribution in [0.5, 0.6) is 0 Å². The monoisotopic (exact) mass is 283 g/mol. The molecule has 1 aromatic rings. The molecule has 6 nitrogen and oxygen atoms in total. The zero-order chi connectivity index (χ0) is 13.8. The summed E-state index contributed by atoms with van der Waals surface area (Å²) in [5, 5.41) is 11.6. The maximum Gasteiger partial charge on any atom is 0.365 e. The average molecular weight is 283 g/mol. The summed E-state index contributed by atoms with van der Waals surface area (Å²) in [5.41, 5.74) is 0. The van der Waals surface area contributed by atoms with Gasteiger partial charge in [-0.25, -0.2) is 9.78 Å². The Bertz CT molecular complexity index is 475. The molecule has 19 heavy (non-hydrogen) atoms. The van der Waals surface area contributed by atoms with Gasteiger partial charge in [0.2, 0.25) is 5.01 Å². The molecule has 0 radical (unpaired) electrons. The van der Waals surface area contributed by atoms with Crippen LogP contribution < -0.4 is 5.32 Å². The van der Waals surface area contributed by atoms with Gasteiger partial charge in [-0.15, -0.1) is 11.3 Å². The van der Waals surface area contributed by atoms with Crippen molar-refractivity contribution >= 4 is 23.2 Å². The summed E-state index contributed by atoms with van der Waals surface area (Å²) in [4.78, 5) is 28.8. The number of piperidine rings is 1. The number of carboxylic acids is 1. The fourth-order valence-corrected chi connectivity index (χ4v) is 2.91. The zero-order valence-corrected chi connectivity index (χ0v) is 11.6. The smallest absolute Gasteiger partial charge is 0.365 e. The fraction of sp³-hybridized carbons (Fsp3) is 0.583. The van der Waals surface area contributed by atoms with Gasteiger partial charge in [-0.2, -0.15) is 0 Å². The summed E-state index contributed by atoms with van der Waals surface area (Å²) in [6.07, 6.45) is 3.59. The molecular weight excluding hydrogens is 266 g/mol. The topological polar surface area (TPSA) is 82.5 Å². The van der Waals surface area contributed by atoms with E-state index in [1.807, 2.05) is 0 Å². The molecule has 1 aromatic heterocycles. The minimum atomic E-state index is -1.10. The highest BCUT2D eigenvalue weighted by Crippen LogP contribution is 2.15. The van der Waals surface area contributed by atoms with Crippen LogP contribution in [-0.4, -0.2) is 53.5 Å². The highest BCUT2D eigenvalue weighted by molar-refractivity contribution is 7.15. The number of carbonyl (C=O) groups is 2. The van der Waals surface area contributed by atoms with Crippen molar-refractivity contribution in [1.29, 1.82) is 0 Å². The number of aromatic carboxylic acids is 1. The summed E-state index contributed by atoms with van der Waals surface area (Å²) in [7, 11) is 2.08. The van der Waals surface area contributed by atoms with E-state index in [1.54, 1.807) is 0 Å². The number of carbonyl (C=O) groups excluding carboxylic acids is 1. The number of hydrogen-bond acceptors (Lipinski definition) is 5. The first-order valence-electron chi connectivity index (χ1n) is 6.22. The van der Waals surface area contributed by atoms with Gasteiger partial charge in [0.15, 0.2) is 0 Å². The van der Waals surface area contributed by atoms with Crippen LogP contribution in [0.3, 0.4) is 0 Å². The number of carboxylic acid groups (broad SMARTS) is 1. The molecule has 1 aliphatic heterocycles. The number of nitrogens with zero attached hydrogens (tertiary/aromatic N) is 2. The molecule has 0 aromatic carbocycles. The summed E-state index contributed by atoms with van der Waals surface area (Å²) in [6, 6.07) is 0.